The molecule has 1 saturated heterocycles. The summed E-state index contributed by atoms with van der Waals surface area (Å²) in [5.41, 5.74) is 0.533. The maximum absolute atomic E-state index is 13.8. The Hall–Kier alpha value is -2.91. The van der Waals surface area contributed by atoms with Crippen molar-refractivity contribution in [2.24, 2.45) is 5.92 Å². The number of rotatable bonds is 5. The Balaban J connectivity index is 1.58. The molecule has 0 saturated carbocycles. The van der Waals surface area contributed by atoms with Gasteiger partial charge in [-0.15, -0.1) is 0 Å². The van der Waals surface area contributed by atoms with Gasteiger partial charge in [0, 0.05) is 30.9 Å². The molecule has 0 bridgehead atoms. The molecule has 0 radical (unpaired) electrons. The quantitative estimate of drug-likeness (QED) is 0.579. The molecule has 10 heteroatoms. The fraction of sp³-hybridized carbons (Fsp3) is 0.545. The second-order valence-corrected chi connectivity index (χ2v) is 8.46. The molecule has 1 aliphatic heterocycles. The number of pyridine rings is 1. The highest BCUT2D eigenvalue weighted by molar-refractivity contribution is 5.82. The number of carbonyl (C=O) groups is 1. The molecule has 4 rings (SSSR count). The number of carbonyl (C=O) groups excluding carboxylic acids is 1. The Morgan fingerprint density at radius 2 is 2.16 bits per heavy atom. The van der Waals surface area contributed by atoms with E-state index in [9.17, 15) is 18.0 Å². The average Bonchev–Trinajstić information content (AvgIpc) is 3.37. The Morgan fingerprint density at radius 1 is 1.38 bits per heavy atom. The summed E-state index contributed by atoms with van der Waals surface area (Å²) in [6.45, 7) is 6.78. The number of alkyl halides is 3. The molecule has 4 heterocycles. The summed E-state index contributed by atoms with van der Waals surface area (Å²) in [4.78, 5) is 19.0. The van der Waals surface area contributed by atoms with E-state index in [4.69, 9.17) is 4.52 Å². The molecule has 0 spiro atoms. The highest BCUT2D eigenvalue weighted by Crippen LogP contribution is 2.40. The number of nitrogens with zero attached hydrogens (tertiary/aromatic N) is 5. The van der Waals surface area contributed by atoms with Gasteiger partial charge in [0.25, 0.3) is 5.71 Å². The SMILES string of the molecule is CCc1cc(C(F)(F)F)c2c([C@H]3CCCN(C(=O)[C@@H](C)Cn4ccc(C)n4)C3)noc2n1. The molecule has 7 nitrogen and oxygen atoms in total. The smallest absolute Gasteiger partial charge is 0.342 e. The minimum atomic E-state index is -4.55. The minimum Gasteiger partial charge on any atom is -0.342 e. The topological polar surface area (TPSA) is 77.0 Å². The van der Waals surface area contributed by atoms with Crippen molar-refractivity contribution in [2.45, 2.75) is 58.7 Å². The molecular formula is C22H26F3N5O2. The van der Waals surface area contributed by atoms with Crippen molar-refractivity contribution in [2.75, 3.05) is 13.1 Å². The van der Waals surface area contributed by atoms with E-state index in [0.717, 1.165) is 11.8 Å². The van der Waals surface area contributed by atoms with Crippen LogP contribution in [0.15, 0.2) is 22.9 Å². The molecule has 1 fully saturated rings. The molecular weight excluding hydrogens is 423 g/mol. The summed E-state index contributed by atoms with van der Waals surface area (Å²) in [6, 6.07) is 2.95. The Morgan fingerprint density at radius 3 is 2.81 bits per heavy atom. The van der Waals surface area contributed by atoms with Crippen molar-refractivity contribution < 1.29 is 22.5 Å². The van der Waals surface area contributed by atoms with Crippen LogP contribution in [0, 0.1) is 12.8 Å². The van der Waals surface area contributed by atoms with E-state index in [2.05, 4.69) is 15.2 Å². The van der Waals surface area contributed by atoms with Gasteiger partial charge in [0.15, 0.2) is 0 Å². The third-order valence-electron chi connectivity index (χ3n) is 5.97. The number of hydrogen-bond acceptors (Lipinski definition) is 5. The number of fused-ring (bicyclic) bond motifs is 1. The number of hydrogen-bond donors (Lipinski definition) is 0. The molecule has 0 N–H and O–H groups in total. The summed E-state index contributed by atoms with van der Waals surface area (Å²) >= 11 is 0. The van der Waals surface area contributed by atoms with Gasteiger partial charge < -0.3 is 9.42 Å². The molecule has 2 atom stereocenters. The van der Waals surface area contributed by atoms with Crippen molar-refractivity contribution in [1.29, 1.82) is 0 Å². The van der Waals surface area contributed by atoms with Crippen molar-refractivity contribution in [3.63, 3.8) is 0 Å². The van der Waals surface area contributed by atoms with E-state index in [0.29, 0.717) is 44.6 Å². The third kappa shape index (κ3) is 4.35. The van der Waals surface area contributed by atoms with Crippen molar-refractivity contribution in [1.82, 2.24) is 24.8 Å². The van der Waals surface area contributed by atoms with Gasteiger partial charge in [-0.25, -0.2) is 4.98 Å². The van der Waals surface area contributed by atoms with Crippen LogP contribution in [-0.2, 0) is 23.9 Å². The molecule has 1 aliphatic rings. The summed E-state index contributed by atoms with van der Waals surface area (Å²) in [7, 11) is 0. The van der Waals surface area contributed by atoms with E-state index in [1.54, 1.807) is 16.5 Å². The van der Waals surface area contributed by atoms with E-state index in [1.165, 1.54) is 0 Å². The maximum Gasteiger partial charge on any atom is 0.417 e. The standard InChI is InChI=1S/C22H26F3N5O2/c1-4-16-10-17(22(23,24)25)18-19(28-32-20(18)26-16)15-6-5-8-29(12-15)21(31)13(2)11-30-9-7-14(3)27-30/h7,9-10,13,15H,4-6,8,11-12H2,1-3H3/t13-,15-/m0/s1. The van der Waals surface area contributed by atoms with E-state index < -0.39 is 11.7 Å². The number of amides is 1. The number of aromatic nitrogens is 4. The zero-order valence-corrected chi connectivity index (χ0v) is 18.3. The molecule has 0 unspecified atom stereocenters. The van der Waals surface area contributed by atoms with Gasteiger partial charge in [-0.05, 0) is 38.3 Å². The van der Waals surface area contributed by atoms with Gasteiger partial charge in [-0.3, -0.25) is 9.48 Å². The van der Waals surface area contributed by atoms with E-state index >= 15 is 0 Å². The predicted molar refractivity (Wildman–Crippen MR) is 111 cm³/mol. The van der Waals surface area contributed by atoms with Crippen molar-refractivity contribution >= 4 is 17.0 Å². The van der Waals surface area contributed by atoms with Crippen LogP contribution in [0.4, 0.5) is 13.2 Å². The second kappa shape index (κ2) is 8.55. The molecule has 3 aromatic rings. The zero-order valence-electron chi connectivity index (χ0n) is 18.3. The molecule has 0 aliphatic carbocycles. The van der Waals surface area contributed by atoms with Crippen LogP contribution in [0.5, 0.6) is 0 Å². The first-order valence-electron chi connectivity index (χ1n) is 10.8. The van der Waals surface area contributed by atoms with Crippen LogP contribution in [-0.4, -0.2) is 43.8 Å². The molecule has 0 aromatic carbocycles. The normalized spacial score (nSPS) is 18.3. The third-order valence-corrected chi connectivity index (χ3v) is 5.97. The van der Waals surface area contributed by atoms with E-state index in [1.807, 2.05) is 26.1 Å². The van der Waals surface area contributed by atoms with Gasteiger partial charge in [-0.1, -0.05) is 19.0 Å². The van der Waals surface area contributed by atoms with Crippen LogP contribution >= 0.6 is 0 Å². The monoisotopic (exact) mass is 449 g/mol. The highest BCUT2D eigenvalue weighted by Gasteiger charge is 2.38. The lowest BCUT2D eigenvalue weighted by molar-refractivity contribution is -0.137. The predicted octanol–water partition coefficient (Wildman–Crippen LogP) is 4.35. The zero-order chi connectivity index (χ0) is 23.0. The summed E-state index contributed by atoms with van der Waals surface area (Å²) in [6.07, 6.45) is -1.05. The molecule has 32 heavy (non-hydrogen) atoms. The van der Waals surface area contributed by atoms with E-state index in [-0.39, 0.29) is 34.5 Å². The summed E-state index contributed by atoms with van der Waals surface area (Å²) in [5.74, 6) is -0.691. The second-order valence-electron chi connectivity index (χ2n) is 8.46. The van der Waals surface area contributed by atoms with Crippen LogP contribution in [0.2, 0.25) is 0 Å². The average molecular weight is 449 g/mol. The van der Waals surface area contributed by atoms with Crippen LogP contribution in [0.3, 0.4) is 0 Å². The Kier molecular flexibility index (Phi) is 5.96. The lowest BCUT2D eigenvalue weighted by Gasteiger charge is -2.33. The Bertz CT molecular complexity index is 1120. The van der Waals surface area contributed by atoms with Gasteiger partial charge in [0.2, 0.25) is 5.91 Å². The number of halogens is 3. The number of aryl methyl sites for hydroxylation is 2. The fourth-order valence-corrected chi connectivity index (χ4v) is 4.34. The number of likely N-dealkylation sites (tertiary alicyclic amines) is 1. The van der Waals surface area contributed by atoms with Gasteiger partial charge >= 0.3 is 6.18 Å². The highest BCUT2D eigenvalue weighted by atomic mass is 19.4. The summed E-state index contributed by atoms with van der Waals surface area (Å²) in [5, 5.41) is 8.22. The Labute approximate surface area is 183 Å². The summed E-state index contributed by atoms with van der Waals surface area (Å²) < 4.78 is 48.4. The van der Waals surface area contributed by atoms with Crippen molar-refractivity contribution in [3.8, 4) is 0 Å². The lowest BCUT2D eigenvalue weighted by Crippen LogP contribution is -2.42. The van der Waals surface area contributed by atoms with Gasteiger partial charge in [0.05, 0.1) is 34.8 Å². The van der Waals surface area contributed by atoms with Gasteiger partial charge in [0.1, 0.15) is 0 Å². The van der Waals surface area contributed by atoms with Crippen LogP contribution in [0.25, 0.3) is 11.1 Å². The molecule has 172 valence electrons. The molecule has 3 aromatic heterocycles. The first-order valence-corrected chi connectivity index (χ1v) is 10.8. The van der Waals surface area contributed by atoms with Crippen LogP contribution < -0.4 is 0 Å². The lowest BCUT2D eigenvalue weighted by atomic mass is 9.91. The minimum absolute atomic E-state index is 0.0434. The maximum atomic E-state index is 13.8. The fourth-order valence-electron chi connectivity index (χ4n) is 4.34. The number of piperidine rings is 1. The largest absolute Gasteiger partial charge is 0.417 e. The van der Waals surface area contributed by atoms with Crippen LogP contribution in [0.1, 0.15) is 55.3 Å². The first kappa shape index (κ1) is 22.3. The first-order chi connectivity index (χ1) is 15.2. The van der Waals surface area contributed by atoms with Gasteiger partial charge in [-0.2, -0.15) is 18.3 Å². The van der Waals surface area contributed by atoms with Crippen molar-refractivity contribution in [3.05, 3.63) is 41.0 Å². The molecule has 1 amide bonds.